The molecule has 1 heterocycles. The van der Waals surface area contributed by atoms with Crippen molar-refractivity contribution in [3.8, 4) is 0 Å². The van der Waals surface area contributed by atoms with Crippen LogP contribution in [0.5, 0.6) is 0 Å². The minimum absolute atomic E-state index is 0.809. The number of hydrogen-bond acceptors (Lipinski definition) is 3. The second-order valence-electron chi connectivity index (χ2n) is 6.90. The lowest BCUT2D eigenvalue weighted by Gasteiger charge is -2.14. The summed E-state index contributed by atoms with van der Waals surface area (Å²) in [7, 11) is 6.20. The van der Waals surface area contributed by atoms with E-state index in [-0.39, 0.29) is 0 Å². The van der Waals surface area contributed by atoms with Crippen LogP contribution >= 0.6 is 0 Å². The van der Waals surface area contributed by atoms with Crippen LogP contribution in [0.3, 0.4) is 0 Å². The van der Waals surface area contributed by atoms with Gasteiger partial charge in [0.05, 0.1) is 11.9 Å². The van der Waals surface area contributed by atoms with Crippen LogP contribution in [0, 0.1) is 23.7 Å². The van der Waals surface area contributed by atoms with Crippen LogP contribution in [0.25, 0.3) is 0 Å². The van der Waals surface area contributed by atoms with Gasteiger partial charge in [-0.25, -0.2) is 4.98 Å². The number of anilines is 1. The number of nitrogens with zero attached hydrogens (tertiary/aromatic N) is 3. The molecule has 4 heteroatoms. The van der Waals surface area contributed by atoms with E-state index in [1.165, 1.54) is 25.0 Å². The van der Waals surface area contributed by atoms with Gasteiger partial charge in [0.25, 0.3) is 0 Å². The van der Waals surface area contributed by atoms with E-state index in [0.717, 1.165) is 42.2 Å². The lowest BCUT2D eigenvalue weighted by molar-refractivity contribution is 0.456. The molecule has 0 amide bonds. The van der Waals surface area contributed by atoms with Gasteiger partial charge < -0.3 is 14.8 Å². The lowest BCUT2D eigenvalue weighted by atomic mass is 10.0. The predicted octanol–water partition coefficient (Wildman–Crippen LogP) is 1.62. The Bertz CT molecular complexity index is 476. The quantitative estimate of drug-likeness (QED) is 0.893. The SMILES string of the molecule is CN(C)c1ncc(CNC2C3C4CCC(C4)C23)n1C. The molecule has 3 saturated carbocycles. The fraction of sp³-hybridized carbons (Fsp3) is 0.800. The normalized spacial score (nSPS) is 38.6. The zero-order chi connectivity index (χ0) is 13.1. The molecule has 1 aromatic heterocycles. The van der Waals surface area contributed by atoms with Crippen LogP contribution in [-0.2, 0) is 13.6 Å². The highest BCUT2D eigenvalue weighted by Gasteiger charge is 2.64. The van der Waals surface area contributed by atoms with Crippen LogP contribution in [-0.4, -0.2) is 29.7 Å². The Hall–Kier alpha value is -1.03. The molecule has 3 aliphatic rings. The van der Waals surface area contributed by atoms with E-state index >= 15 is 0 Å². The largest absolute Gasteiger partial charge is 0.348 e. The van der Waals surface area contributed by atoms with E-state index in [1.807, 2.05) is 20.3 Å². The van der Waals surface area contributed by atoms with Gasteiger partial charge in [0.1, 0.15) is 0 Å². The summed E-state index contributed by atoms with van der Waals surface area (Å²) in [6.07, 6.45) is 6.54. The van der Waals surface area contributed by atoms with Gasteiger partial charge in [-0.3, -0.25) is 0 Å². The molecule has 4 unspecified atom stereocenters. The number of nitrogens with one attached hydrogen (secondary N) is 1. The minimum Gasteiger partial charge on any atom is -0.348 e. The second kappa shape index (κ2) is 3.98. The van der Waals surface area contributed by atoms with Gasteiger partial charge in [-0.15, -0.1) is 0 Å². The molecule has 2 bridgehead atoms. The summed E-state index contributed by atoms with van der Waals surface area (Å²) in [5, 5.41) is 3.79. The maximum Gasteiger partial charge on any atom is 0.204 e. The number of hydrogen-bond donors (Lipinski definition) is 1. The molecule has 0 aliphatic heterocycles. The smallest absolute Gasteiger partial charge is 0.204 e. The third-order valence-corrected chi connectivity index (χ3v) is 5.71. The van der Waals surface area contributed by atoms with Crippen molar-refractivity contribution in [2.45, 2.75) is 31.8 Å². The number of aromatic nitrogens is 2. The first-order valence-corrected chi connectivity index (χ1v) is 7.58. The fourth-order valence-electron chi connectivity index (χ4n) is 4.83. The third-order valence-electron chi connectivity index (χ3n) is 5.71. The van der Waals surface area contributed by atoms with Gasteiger partial charge in [-0.2, -0.15) is 0 Å². The molecule has 19 heavy (non-hydrogen) atoms. The van der Waals surface area contributed by atoms with Crippen LogP contribution in [0.4, 0.5) is 5.95 Å². The van der Waals surface area contributed by atoms with Crippen LogP contribution < -0.4 is 10.2 Å². The first-order valence-electron chi connectivity index (χ1n) is 7.58. The van der Waals surface area contributed by atoms with Crippen molar-refractivity contribution in [3.63, 3.8) is 0 Å². The molecule has 4 nitrogen and oxygen atoms in total. The van der Waals surface area contributed by atoms with Crippen molar-refractivity contribution >= 4 is 5.95 Å². The number of imidazole rings is 1. The summed E-state index contributed by atoms with van der Waals surface area (Å²) in [6.45, 7) is 0.967. The summed E-state index contributed by atoms with van der Waals surface area (Å²) in [4.78, 5) is 6.54. The van der Waals surface area contributed by atoms with Gasteiger partial charge in [0.15, 0.2) is 0 Å². The van der Waals surface area contributed by atoms with Crippen LogP contribution in [0.1, 0.15) is 25.0 Å². The molecule has 0 aromatic carbocycles. The van der Waals surface area contributed by atoms with Gasteiger partial charge in [0, 0.05) is 33.7 Å². The zero-order valence-electron chi connectivity index (χ0n) is 12.1. The summed E-state index contributed by atoms with van der Waals surface area (Å²) in [5.74, 6) is 5.17. The predicted molar refractivity (Wildman–Crippen MR) is 76.0 cm³/mol. The molecule has 1 aromatic rings. The lowest BCUT2D eigenvalue weighted by Crippen LogP contribution is -2.24. The molecular weight excluding hydrogens is 236 g/mol. The average Bonchev–Trinajstić information content (AvgIpc) is 2.74. The van der Waals surface area contributed by atoms with E-state index in [9.17, 15) is 0 Å². The molecule has 4 atom stereocenters. The Labute approximate surface area is 115 Å². The highest BCUT2D eigenvalue weighted by Crippen LogP contribution is 2.65. The van der Waals surface area contributed by atoms with E-state index in [0.29, 0.717) is 0 Å². The summed E-state index contributed by atoms with van der Waals surface area (Å²) in [6, 6.07) is 0.809. The van der Waals surface area contributed by atoms with Crippen molar-refractivity contribution in [3.05, 3.63) is 11.9 Å². The molecule has 4 rings (SSSR count). The average molecular weight is 260 g/mol. The standard InChI is InChI=1S/C15H24N4/c1-18(2)15-17-8-11(19(15)3)7-16-14-12-9-4-5-10(6-9)13(12)14/h8-10,12-14,16H,4-7H2,1-3H3. The maximum atomic E-state index is 4.48. The van der Waals surface area contributed by atoms with E-state index < -0.39 is 0 Å². The monoisotopic (exact) mass is 260 g/mol. The number of rotatable bonds is 4. The summed E-state index contributed by atoms with van der Waals surface area (Å²) >= 11 is 0. The first-order chi connectivity index (χ1) is 9.16. The molecule has 0 radical (unpaired) electrons. The highest BCUT2D eigenvalue weighted by atomic mass is 15.3. The molecule has 3 aliphatic carbocycles. The first kappa shape index (κ1) is 11.8. The fourth-order valence-corrected chi connectivity index (χ4v) is 4.83. The van der Waals surface area contributed by atoms with Gasteiger partial charge in [-0.05, 0) is 42.9 Å². The Morgan fingerprint density at radius 2 is 2.00 bits per heavy atom. The van der Waals surface area contributed by atoms with Crippen LogP contribution in [0.15, 0.2) is 6.20 Å². The maximum absolute atomic E-state index is 4.48. The highest BCUT2D eigenvalue weighted by molar-refractivity contribution is 5.31. The Kier molecular flexibility index (Phi) is 2.47. The third kappa shape index (κ3) is 1.65. The molecule has 3 fully saturated rings. The van der Waals surface area contributed by atoms with Crippen molar-refractivity contribution in [1.29, 1.82) is 0 Å². The number of fused-ring (bicyclic) bond motifs is 5. The Morgan fingerprint density at radius 3 is 2.58 bits per heavy atom. The van der Waals surface area contributed by atoms with Gasteiger partial charge >= 0.3 is 0 Å². The Morgan fingerprint density at radius 1 is 1.32 bits per heavy atom. The van der Waals surface area contributed by atoms with E-state index in [4.69, 9.17) is 0 Å². The topological polar surface area (TPSA) is 33.1 Å². The van der Waals surface area contributed by atoms with E-state index in [2.05, 4.69) is 26.8 Å². The molecular formula is C15H24N4. The molecule has 1 N–H and O–H groups in total. The van der Waals surface area contributed by atoms with Gasteiger partial charge in [-0.1, -0.05) is 0 Å². The van der Waals surface area contributed by atoms with Crippen molar-refractivity contribution < 1.29 is 0 Å². The zero-order valence-corrected chi connectivity index (χ0v) is 12.1. The van der Waals surface area contributed by atoms with Crippen molar-refractivity contribution in [1.82, 2.24) is 14.9 Å². The second-order valence-corrected chi connectivity index (χ2v) is 6.90. The molecule has 0 spiro atoms. The van der Waals surface area contributed by atoms with E-state index in [1.54, 1.807) is 0 Å². The molecule has 0 saturated heterocycles. The van der Waals surface area contributed by atoms with Crippen molar-refractivity contribution in [2.24, 2.45) is 30.7 Å². The summed E-state index contributed by atoms with van der Waals surface area (Å²) < 4.78 is 2.19. The minimum atomic E-state index is 0.809. The Balaban J connectivity index is 1.39. The summed E-state index contributed by atoms with van der Waals surface area (Å²) in [5.41, 5.74) is 1.29. The van der Waals surface area contributed by atoms with Gasteiger partial charge in [0.2, 0.25) is 5.95 Å². The van der Waals surface area contributed by atoms with Crippen LogP contribution in [0.2, 0.25) is 0 Å². The molecule has 104 valence electrons. The van der Waals surface area contributed by atoms with Crippen molar-refractivity contribution in [2.75, 3.05) is 19.0 Å².